The van der Waals surface area contributed by atoms with Crippen LogP contribution in [0.1, 0.15) is 18.9 Å². The molecule has 0 aromatic heterocycles. The van der Waals surface area contributed by atoms with Crippen LogP contribution < -0.4 is 0 Å². The van der Waals surface area contributed by atoms with Gasteiger partial charge in [-0.2, -0.15) is 0 Å². The highest BCUT2D eigenvalue weighted by Gasteiger charge is 2.21. The van der Waals surface area contributed by atoms with Crippen molar-refractivity contribution in [1.29, 1.82) is 0 Å². The second-order valence-electron chi connectivity index (χ2n) is 3.11. The zero-order valence-electron chi connectivity index (χ0n) is 7.20. The van der Waals surface area contributed by atoms with Gasteiger partial charge in [-0.1, -0.05) is 30.3 Å². The smallest absolute Gasteiger partial charge is 0.0890 e. The third-order valence-corrected chi connectivity index (χ3v) is 1.99. The van der Waals surface area contributed by atoms with Crippen molar-refractivity contribution in [3.05, 3.63) is 35.9 Å². The highest BCUT2D eigenvalue weighted by molar-refractivity contribution is 5.21. The lowest BCUT2D eigenvalue weighted by atomic mass is 9.93. The van der Waals surface area contributed by atoms with Gasteiger partial charge in [-0.05, 0) is 12.5 Å². The summed E-state index contributed by atoms with van der Waals surface area (Å²) in [7, 11) is 0. The lowest BCUT2D eigenvalue weighted by molar-refractivity contribution is 0.0299. The molecule has 2 N–H and O–H groups in total. The Bertz CT molecular complexity index is 229. The number of aliphatic hydroxyl groups is 2. The first-order chi connectivity index (χ1) is 5.67. The summed E-state index contributed by atoms with van der Waals surface area (Å²) in [5.41, 5.74) is -0.0604. The minimum Gasteiger partial charge on any atom is -0.396 e. The van der Waals surface area contributed by atoms with Crippen molar-refractivity contribution in [3.8, 4) is 0 Å². The molecule has 2 nitrogen and oxygen atoms in total. The summed E-state index contributed by atoms with van der Waals surface area (Å²) in [5.74, 6) is 0. The Kier molecular flexibility index (Phi) is 2.84. The highest BCUT2D eigenvalue weighted by Crippen LogP contribution is 2.23. The fourth-order valence-electron chi connectivity index (χ4n) is 1.16. The normalized spacial score (nSPS) is 15.6. The SMILES string of the molecule is C[C@](O)(CCO)c1ccccc1. The largest absolute Gasteiger partial charge is 0.396 e. The number of benzene rings is 1. The summed E-state index contributed by atoms with van der Waals surface area (Å²) < 4.78 is 0. The van der Waals surface area contributed by atoms with Crippen LogP contribution in [-0.2, 0) is 5.60 Å². The van der Waals surface area contributed by atoms with Crippen molar-refractivity contribution in [1.82, 2.24) is 0 Å². The Morgan fingerprint density at radius 3 is 2.33 bits per heavy atom. The van der Waals surface area contributed by atoms with E-state index >= 15 is 0 Å². The molecule has 0 bridgehead atoms. The Morgan fingerprint density at radius 1 is 1.25 bits per heavy atom. The Hall–Kier alpha value is -0.860. The van der Waals surface area contributed by atoms with Crippen LogP contribution in [-0.4, -0.2) is 16.8 Å². The minimum atomic E-state index is -0.907. The molecule has 0 aliphatic heterocycles. The van der Waals surface area contributed by atoms with Crippen LogP contribution in [0, 0.1) is 0 Å². The molecule has 1 aromatic carbocycles. The van der Waals surface area contributed by atoms with Gasteiger partial charge in [0.1, 0.15) is 0 Å². The van der Waals surface area contributed by atoms with Crippen molar-refractivity contribution < 1.29 is 10.2 Å². The maximum absolute atomic E-state index is 9.83. The first kappa shape index (κ1) is 9.23. The molecule has 0 fully saturated rings. The van der Waals surface area contributed by atoms with Crippen LogP contribution in [0.2, 0.25) is 0 Å². The van der Waals surface area contributed by atoms with E-state index in [2.05, 4.69) is 0 Å². The van der Waals surface area contributed by atoms with Gasteiger partial charge in [-0.15, -0.1) is 0 Å². The molecule has 0 saturated heterocycles. The van der Waals surface area contributed by atoms with Gasteiger partial charge < -0.3 is 10.2 Å². The minimum absolute atomic E-state index is 0.00188. The average molecular weight is 166 g/mol. The van der Waals surface area contributed by atoms with Crippen LogP contribution in [0.4, 0.5) is 0 Å². The number of rotatable bonds is 3. The maximum atomic E-state index is 9.83. The molecular weight excluding hydrogens is 152 g/mol. The zero-order chi connectivity index (χ0) is 9.03. The Morgan fingerprint density at radius 2 is 1.83 bits per heavy atom. The molecule has 12 heavy (non-hydrogen) atoms. The van der Waals surface area contributed by atoms with Gasteiger partial charge in [-0.25, -0.2) is 0 Å². The first-order valence-corrected chi connectivity index (χ1v) is 4.05. The van der Waals surface area contributed by atoms with E-state index in [0.717, 1.165) is 5.56 Å². The molecule has 0 aliphatic rings. The third kappa shape index (κ3) is 2.06. The van der Waals surface area contributed by atoms with Gasteiger partial charge in [0.2, 0.25) is 0 Å². The molecule has 0 radical (unpaired) electrons. The molecule has 66 valence electrons. The molecule has 0 amide bonds. The molecule has 0 spiro atoms. The second-order valence-corrected chi connectivity index (χ2v) is 3.11. The molecule has 1 rings (SSSR count). The van der Waals surface area contributed by atoms with Crippen LogP contribution in [0.5, 0.6) is 0 Å². The van der Waals surface area contributed by atoms with Crippen LogP contribution in [0.25, 0.3) is 0 Å². The van der Waals surface area contributed by atoms with Crippen molar-refractivity contribution >= 4 is 0 Å². The number of hydrogen-bond donors (Lipinski definition) is 2. The lowest BCUT2D eigenvalue weighted by Gasteiger charge is -2.22. The summed E-state index contributed by atoms with van der Waals surface area (Å²) in [6.45, 7) is 1.71. The van der Waals surface area contributed by atoms with Crippen LogP contribution in [0.3, 0.4) is 0 Å². The molecule has 1 aromatic rings. The van der Waals surface area contributed by atoms with Crippen molar-refractivity contribution in [2.24, 2.45) is 0 Å². The van der Waals surface area contributed by atoms with Crippen molar-refractivity contribution in [3.63, 3.8) is 0 Å². The van der Waals surface area contributed by atoms with Gasteiger partial charge >= 0.3 is 0 Å². The third-order valence-electron chi connectivity index (χ3n) is 1.99. The molecule has 0 saturated carbocycles. The van der Waals surface area contributed by atoms with Gasteiger partial charge in [0.15, 0.2) is 0 Å². The topological polar surface area (TPSA) is 40.5 Å². The molecular formula is C10H14O2. The Balaban J connectivity index is 2.82. The summed E-state index contributed by atoms with van der Waals surface area (Å²) >= 11 is 0. The summed E-state index contributed by atoms with van der Waals surface area (Å²) in [4.78, 5) is 0. The molecule has 2 heteroatoms. The summed E-state index contributed by atoms with van der Waals surface area (Å²) in [6, 6.07) is 9.37. The molecule has 0 aliphatic carbocycles. The van der Waals surface area contributed by atoms with E-state index in [1.54, 1.807) is 6.92 Å². The Labute approximate surface area is 72.5 Å². The fourth-order valence-corrected chi connectivity index (χ4v) is 1.16. The van der Waals surface area contributed by atoms with E-state index < -0.39 is 5.60 Å². The van der Waals surface area contributed by atoms with Gasteiger partial charge in [0.25, 0.3) is 0 Å². The predicted molar refractivity (Wildman–Crippen MR) is 47.7 cm³/mol. The molecule has 0 heterocycles. The first-order valence-electron chi connectivity index (χ1n) is 4.05. The van der Waals surface area contributed by atoms with E-state index in [1.807, 2.05) is 30.3 Å². The monoisotopic (exact) mass is 166 g/mol. The van der Waals surface area contributed by atoms with Gasteiger partial charge in [-0.3, -0.25) is 0 Å². The lowest BCUT2D eigenvalue weighted by Crippen LogP contribution is -2.22. The quantitative estimate of drug-likeness (QED) is 0.710. The number of aliphatic hydroxyl groups excluding tert-OH is 1. The summed E-state index contributed by atoms with van der Waals surface area (Å²) in [6.07, 6.45) is 0.372. The van der Waals surface area contributed by atoms with E-state index in [0.29, 0.717) is 6.42 Å². The van der Waals surface area contributed by atoms with E-state index in [9.17, 15) is 5.11 Å². The fraction of sp³-hybridized carbons (Fsp3) is 0.400. The van der Waals surface area contributed by atoms with Crippen molar-refractivity contribution in [2.75, 3.05) is 6.61 Å². The van der Waals surface area contributed by atoms with Crippen molar-refractivity contribution in [2.45, 2.75) is 18.9 Å². The van der Waals surface area contributed by atoms with Gasteiger partial charge in [0, 0.05) is 13.0 Å². The standard InChI is InChI=1S/C10H14O2/c1-10(12,7-8-11)9-5-3-2-4-6-9/h2-6,11-12H,7-8H2,1H3/t10-/m0/s1. The van der Waals surface area contributed by atoms with Crippen LogP contribution >= 0.6 is 0 Å². The summed E-state index contributed by atoms with van der Waals surface area (Å²) in [5, 5.41) is 18.5. The maximum Gasteiger partial charge on any atom is 0.0890 e. The van der Waals surface area contributed by atoms with E-state index in [4.69, 9.17) is 5.11 Å². The average Bonchev–Trinajstić information content (AvgIpc) is 2.06. The zero-order valence-corrected chi connectivity index (χ0v) is 7.20. The molecule has 1 atom stereocenters. The van der Waals surface area contributed by atoms with Gasteiger partial charge in [0.05, 0.1) is 5.60 Å². The van der Waals surface area contributed by atoms with E-state index in [1.165, 1.54) is 0 Å². The van der Waals surface area contributed by atoms with Crippen LogP contribution in [0.15, 0.2) is 30.3 Å². The molecule has 0 unspecified atom stereocenters. The predicted octanol–water partition coefficient (Wildman–Crippen LogP) is 1.28. The highest BCUT2D eigenvalue weighted by atomic mass is 16.3. The second kappa shape index (κ2) is 3.70. The van der Waals surface area contributed by atoms with E-state index in [-0.39, 0.29) is 6.61 Å². The number of hydrogen-bond acceptors (Lipinski definition) is 2.